The summed E-state index contributed by atoms with van der Waals surface area (Å²) in [7, 11) is 0. The van der Waals surface area contributed by atoms with Crippen LogP contribution in [-0.2, 0) is 5.92 Å². The SMILES string of the molecule is CC(C)c1cccc2cc(C(=O)NC(C)c3cc(Br)ccn3)ccc12.Cc1ccc(C(C)(F)F)cc1. The predicted octanol–water partition coefficient (Wildman–Crippen LogP) is 8.72. The van der Waals surface area contributed by atoms with Crippen LogP contribution in [0.25, 0.3) is 10.8 Å². The first kappa shape index (κ1) is 27.5. The molecule has 6 heteroatoms. The van der Waals surface area contributed by atoms with Gasteiger partial charge >= 0.3 is 0 Å². The summed E-state index contributed by atoms with van der Waals surface area (Å²) >= 11 is 3.43. The lowest BCUT2D eigenvalue weighted by Gasteiger charge is -2.15. The molecule has 1 N–H and O–H groups in total. The van der Waals surface area contributed by atoms with Crippen LogP contribution in [0, 0.1) is 6.92 Å². The smallest absolute Gasteiger partial charge is 0.270 e. The number of benzene rings is 3. The molecule has 1 atom stereocenters. The Morgan fingerprint density at radius 3 is 2.28 bits per heavy atom. The summed E-state index contributed by atoms with van der Waals surface area (Å²) < 4.78 is 26.1. The molecular weight excluding hydrogens is 522 g/mol. The number of carbonyl (C=O) groups is 1. The molecule has 0 aliphatic carbocycles. The van der Waals surface area contributed by atoms with Crippen molar-refractivity contribution >= 4 is 32.6 Å². The molecule has 3 aromatic carbocycles. The van der Waals surface area contributed by atoms with Crippen molar-refractivity contribution in [1.82, 2.24) is 10.3 Å². The summed E-state index contributed by atoms with van der Waals surface area (Å²) in [6.45, 7) is 9.07. The number of aryl methyl sites for hydroxylation is 1. The molecule has 0 spiro atoms. The van der Waals surface area contributed by atoms with E-state index in [1.807, 2.05) is 50.2 Å². The summed E-state index contributed by atoms with van der Waals surface area (Å²) in [6.07, 6.45) is 1.73. The highest BCUT2D eigenvalue weighted by molar-refractivity contribution is 9.10. The maximum atomic E-state index is 12.6. The quantitative estimate of drug-likeness (QED) is 0.269. The second kappa shape index (κ2) is 11.7. The van der Waals surface area contributed by atoms with E-state index in [1.54, 1.807) is 18.3 Å². The van der Waals surface area contributed by atoms with Gasteiger partial charge in [0.1, 0.15) is 0 Å². The molecule has 188 valence electrons. The number of alkyl halides is 2. The van der Waals surface area contributed by atoms with Crippen molar-refractivity contribution in [3.63, 3.8) is 0 Å². The van der Waals surface area contributed by atoms with Crippen LogP contribution in [0.4, 0.5) is 8.78 Å². The van der Waals surface area contributed by atoms with Crippen molar-refractivity contribution in [2.75, 3.05) is 0 Å². The Balaban J connectivity index is 0.000000275. The molecule has 1 heterocycles. The normalized spacial score (nSPS) is 12.1. The number of nitrogens with one attached hydrogen (secondary N) is 1. The Morgan fingerprint density at radius 2 is 1.67 bits per heavy atom. The number of hydrogen-bond acceptors (Lipinski definition) is 2. The third-order valence-corrected chi connectivity index (χ3v) is 6.38. The molecule has 0 saturated heterocycles. The highest BCUT2D eigenvalue weighted by atomic mass is 79.9. The van der Waals surface area contributed by atoms with Gasteiger partial charge in [-0.25, -0.2) is 8.78 Å². The Hall–Kier alpha value is -3.12. The Morgan fingerprint density at radius 1 is 0.972 bits per heavy atom. The van der Waals surface area contributed by atoms with Crippen LogP contribution in [0.5, 0.6) is 0 Å². The van der Waals surface area contributed by atoms with Crippen molar-refractivity contribution in [1.29, 1.82) is 0 Å². The Kier molecular flexibility index (Phi) is 8.96. The summed E-state index contributed by atoms with van der Waals surface area (Å²) in [5.74, 6) is -2.36. The lowest BCUT2D eigenvalue weighted by Crippen LogP contribution is -2.27. The van der Waals surface area contributed by atoms with Gasteiger partial charge in [0.25, 0.3) is 11.8 Å². The molecule has 3 nitrogen and oxygen atoms in total. The van der Waals surface area contributed by atoms with E-state index >= 15 is 0 Å². The van der Waals surface area contributed by atoms with E-state index in [4.69, 9.17) is 0 Å². The number of rotatable bonds is 5. The molecule has 0 saturated carbocycles. The van der Waals surface area contributed by atoms with Gasteiger partial charge in [0.15, 0.2) is 0 Å². The van der Waals surface area contributed by atoms with E-state index in [0.717, 1.165) is 28.0 Å². The lowest BCUT2D eigenvalue weighted by molar-refractivity contribution is 0.0174. The second-order valence-corrected chi connectivity index (χ2v) is 10.2. The molecule has 1 amide bonds. The third kappa shape index (κ3) is 7.20. The van der Waals surface area contributed by atoms with Crippen LogP contribution in [0.2, 0.25) is 0 Å². The van der Waals surface area contributed by atoms with Crippen molar-refractivity contribution in [3.8, 4) is 0 Å². The first-order valence-corrected chi connectivity index (χ1v) is 12.6. The van der Waals surface area contributed by atoms with Crippen molar-refractivity contribution < 1.29 is 13.6 Å². The van der Waals surface area contributed by atoms with Gasteiger partial charge in [-0.1, -0.05) is 83.9 Å². The van der Waals surface area contributed by atoms with Gasteiger partial charge in [-0.15, -0.1) is 0 Å². The molecule has 0 aliphatic rings. The standard InChI is InChI=1S/C21H21BrN2O.C9H10F2/c1-13(2)18-6-4-5-15-11-16(7-8-19(15)18)21(25)24-14(3)20-12-17(22)9-10-23-20;1-7-3-5-8(6-4-7)9(2,10)11/h4-14H,1-3H3,(H,24,25);3-6H,1-2H3. The molecule has 0 radical (unpaired) electrons. The number of amides is 1. The van der Waals surface area contributed by atoms with Crippen molar-refractivity contribution in [2.24, 2.45) is 0 Å². The van der Waals surface area contributed by atoms with Gasteiger partial charge < -0.3 is 5.32 Å². The van der Waals surface area contributed by atoms with Crippen LogP contribution in [0.1, 0.15) is 72.4 Å². The topological polar surface area (TPSA) is 42.0 Å². The van der Waals surface area contributed by atoms with Crippen LogP contribution in [-0.4, -0.2) is 10.9 Å². The molecule has 4 aromatic rings. The van der Waals surface area contributed by atoms with E-state index in [2.05, 4.69) is 52.2 Å². The van der Waals surface area contributed by atoms with Crippen molar-refractivity contribution in [3.05, 3.63) is 111 Å². The lowest BCUT2D eigenvalue weighted by atomic mass is 9.95. The molecule has 0 bridgehead atoms. The van der Waals surface area contributed by atoms with Gasteiger partial charge in [-0.05, 0) is 60.4 Å². The Bertz CT molecular complexity index is 1330. The predicted molar refractivity (Wildman–Crippen MR) is 147 cm³/mol. The van der Waals surface area contributed by atoms with Gasteiger partial charge in [-0.3, -0.25) is 9.78 Å². The number of pyridine rings is 1. The largest absolute Gasteiger partial charge is 0.344 e. The number of halogens is 3. The monoisotopic (exact) mass is 552 g/mol. The molecule has 0 fully saturated rings. The number of fused-ring (bicyclic) bond motifs is 1. The zero-order valence-corrected chi connectivity index (χ0v) is 22.7. The van der Waals surface area contributed by atoms with Crippen LogP contribution in [0.3, 0.4) is 0 Å². The van der Waals surface area contributed by atoms with E-state index in [0.29, 0.717) is 11.5 Å². The fraction of sp³-hybridized carbons (Fsp3) is 0.267. The van der Waals surface area contributed by atoms with E-state index < -0.39 is 5.92 Å². The molecule has 4 rings (SSSR count). The zero-order chi connectivity index (χ0) is 26.5. The van der Waals surface area contributed by atoms with Crippen LogP contribution >= 0.6 is 15.9 Å². The van der Waals surface area contributed by atoms with Gasteiger partial charge in [0.2, 0.25) is 0 Å². The third-order valence-electron chi connectivity index (χ3n) is 5.89. The van der Waals surface area contributed by atoms with Crippen molar-refractivity contribution in [2.45, 2.75) is 52.5 Å². The van der Waals surface area contributed by atoms with Gasteiger partial charge in [-0.2, -0.15) is 0 Å². The molecular formula is C30H31BrF2N2O. The average Bonchev–Trinajstić information content (AvgIpc) is 2.83. The summed E-state index contributed by atoms with van der Waals surface area (Å²) in [5.41, 5.74) is 3.86. The van der Waals surface area contributed by atoms with E-state index in [-0.39, 0.29) is 17.5 Å². The van der Waals surface area contributed by atoms with Crippen LogP contribution < -0.4 is 5.32 Å². The highest BCUT2D eigenvalue weighted by Gasteiger charge is 2.23. The fourth-order valence-corrected chi connectivity index (χ4v) is 4.16. The minimum absolute atomic E-state index is 0.0723. The first-order valence-electron chi connectivity index (χ1n) is 11.9. The van der Waals surface area contributed by atoms with Gasteiger partial charge in [0.05, 0.1) is 11.7 Å². The zero-order valence-electron chi connectivity index (χ0n) is 21.1. The number of hydrogen-bond donors (Lipinski definition) is 1. The summed E-state index contributed by atoms with van der Waals surface area (Å²) in [5, 5.41) is 5.31. The van der Waals surface area contributed by atoms with E-state index in [9.17, 15) is 13.6 Å². The maximum absolute atomic E-state index is 12.6. The number of carbonyl (C=O) groups excluding carboxylic acids is 1. The van der Waals surface area contributed by atoms with Gasteiger partial charge in [0, 0.05) is 28.7 Å². The minimum atomic E-state index is -2.71. The summed E-state index contributed by atoms with van der Waals surface area (Å²) in [6, 6.07) is 22.0. The minimum Gasteiger partial charge on any atom is -0.344 e. The highest BCUT2D eigenvalue weighted by Crippen LogP contribution is 2.27. The molecule has 0 aliphatic heterocycles. The second-order valence-electron chi connectivity index (χ2n) is 9.29. The number of nitrogens with zero attached hydrogens (tertiary/aromatic N) is 1. The Labute approximate surface area is 220 Å². The molecule has 1 unspecified atom stereocenters. The molecule has 1 aromatic heterocycles. The fourth-order valence-electron chi connectivity index (χ4n) is 3.81. The first-order chi connectivity index (χ1) is 17.0. The number of aromatic nitrogens is 1. The van der Waals surface area contributed by atoms with Crippen LogP contribution in [0.15, 0.2) is 83.5 Å². The molecule has 36 heavy (non-hydrogen) atoms. The summed E-state index contributed by atoms with van der Waals surface area (Å²) in [4.78, 5) is 16.9. The maximum Gasteiger partial charge on any atom is 0.270 e. The van der Waals surface area contributed by atoms with E-state index in [1.165, 1.54) is 23.1 Å². The average molecular weight is 553 g/mol.